The Bertz CT molecular complexity index is 1070. The zero-order chi connectivity index (χ0) is 22.7. The average Bonchev–Trinajstić information content (AvgIpc) is 3.44. The molecule has 0 atom stereocenters. The van der Waals surface area contributed by atoms with Crippen LogP contribution in [0.1, 0.15) is 64.8 Å². The smallest absolute Gasteiger partial charge is 0.409 e. The standard InChI is InChI=1S/C23H30FN5O3/c1-4-5-6-13-31-22(30)28-11-9-23(24,10-12-28)21-26-20(27-32-21)17-7-8-18-15-25-29(16(2)3)19(18)14-17/h7-8,14-16H,4-6,9-13H2,1-3H3. The first-order chi connectivity index (χ1) is 15.4. The topological polar surface area (TPSA) is 86.3 Å². The molecule has 2 aromatic heterocycles. The second-order valence-electron chi connectivity index (χ2n) is 8.65. The SMILES string of the molecule is CCCCCOC(=O)N1CCC(F)(c2nc(-c3ccc4cnn(C(C)C)c4c3)no2)CC1. The monoisotopic (exact) mass is 443 g/mol. The molecule has 8 nitrogen and oxygen atoms in total. The zero-order valence-electron chi connectivity index (χ0n) is 18.9. The normalized spacial score (nSPS) is 16.1. The Kier molecular flexibility index (Phi) is 6.43. The van der Waals surface area contributed by atoms with E-state index in [0.717, 1.165) is 35.7 Å². The summed E-state index contributed by atoms with van der Waals surface area (Å²) in [5.41, 5.74) is -0.0511. The highest BCUT2D eigenvalue weighted by Crippen LogP contribution is 2.37. The predicted octanol–water partition coefficient (Wildman–Crippen LogP) is 5.25. The molecule has 4 rings (SSSR count). The van der Waals surface area contributed by atoms with Gasteiger partial charge in [-0.25, -0.2) is 9.18 Å². The van der Waals surface area contributed by atoms with Crippen molar-refractivity contribution >= 4 is 17.0 Å². The van der Waals surface area contributed by atoms with Gasteiger partial charge in [-0.05, 0) is 26.3 Å². The number of ether oxygens (including phenoxy) is 1. The molecule has 1 aromatic carbocycles. The molecule has 0 unspecified atom stereocenters. The van der Waals surface area contributed by atoms with Crippen molar-refractivity contribution in [3.63, 3.8) is 0 Å². The van der Waals surface area contributed by atoms with Gasteiger partial charge in [-0.3, -0.25) is 4.68 Å². The van der Waals surface area contributed by atoms with Crippen molar-refractivity contribution in [1.29, 1.82) is 0 Å². The van der Waals surface area contributed by atoms with Crippen molar-refractivity contribution in [2.45, 2.75) is 64.6 Å². The lowest BCUT2D eigenvalue weighted by molar-refractivity contribution is 0.0214. The molecule has 1 aliphatic rings. The fourth-order valence-corrected chi connectivity index (χ4v) is 3.97. The van der Waals surface area contributed by atoms with E-state index in [0.29, 0.717) is 12.4 Å². The molecule has 3 heterocycles. The van der Waals surface area contributed by atoms with Crippen LogP contribution in [0.25, 0.3) is 22.3 Å². The summed E-state index contributed by atoms with van der Waals surface area (Å²) >= 11 is 0. The van der Waals surface area contributed by atoms with Crippen LogP contribution in [0.2, 0.25) is 0 Å². The lowest BCUT2D eigenvalue weighted by Gasteiger charge is -2.33. The van der Waals surface area contributed by atoms with Gasteiger partial charge in [0, 0.05) is 42.9 Å². The summed E-state index contributed by atoms with van der Waals surface area (Å²) in [4.78, 5) is 18.1. The van der Waals surface area contributed by atoms with Gasteiger partial charge in [-0.1, -0.05) is 37.1 Å². The van der Waals surface area contributed by atoms with Crippen molar-refractivity contribution in [2.24, 2.45) is 0 Å². The van der Waals surface area contributed by atoms with Gasteiger partial charge in [0.05, 0.1) is 18.3 Å². The molecule has 0 N–H and O–H groups in total. The van der Waals surface area contributed by atoms with Gasteiger partial charge in [0.15, 0.2) is 5.67 Å². The molecule has 1 fully saturated rings. The third-order valence-electron chi connectivity index (χ3n) is 5.94. The Morgan fingerprint density at radius 2 is 2.06 bits per heavy atom. The molecule has 1 amide bonds. The van der Waals surface area contributed by atoms with Crippen LogP contribution in [0.5, 0.6) is 0 Å². The number of piperidine rings is 1. The minimum Gasteiger partial charge on any atom is -0.449 e. The minimum absolute atomic E-state index is 0.0408. The van der Waals surface area contributed by atoms with Crippen LogP contribution >= 0.6 is 0 Å². The van der Waals surface area contributed by atoms with Gasteiger partial charge < -0.3 is 14.2 Å². The maximum absolute atomic E-state index is 15.6. The van der Waals surface area contributed by atoms with Crippen LogP contribution in [-0.4, -0.2) is 50.6 Å². The molecule has 172 valence electrons. The van der Waals surface area contributed by atoms with Crippen LogP contribution in [0.4, 0.5) is 9.18 Å². The summed E-state index contributed by atoms with van der Waals surface area (Å²) in [7, 11) is 0. The first-order valence-corrected chi connectivity index (χ1v) is 11.3. The van der Waals surface area contributed by atoms with Crippen LogP contribution < -0.4 is 0 Å². The number of unbranched alkanes of at least 4 members (excludes halogenated alkanes) is 2. The first-order valence-electron chi connectivity index (χ1n) is 11.3. The molecular formula is C23H30FN5O3. The third kappa shape index (κ3) is 4.47. The van der Waals surface area contributed by atoms with Crippen molar-refractivity contribution in [1.82, 2.24) is 24.8 Å². The second kappa shape index (κ2) is 9.26. The number of aromatic nitrogens is 4. The number of fused-ring (bicyclic) bond motifs is 1. The number of rotatable bonds is 7. The van der Waals surface area contributed by atoms with Crippen molar-refractivity contribution in [3.8, 4) is 11.4 Å². The zero-order valence-corrected chi connectivity index (χ0v) is 18.9. The molecule has 9 heteroatoms. The summed E-state index contributed by atoms with van der Waals surface area (Å²) in [5, 5.41) is 9.46. The fraction of sp³-hybridized carbons (Fsp3) is 0.565. The van der Waals surface area contributed by atoms with Gasteiger partial charge in [0.1, 0.15) is 0 Å². The molecule has 1 aliphatic heterocycles. The van der Waals surface area contributed by atoms with E-state index >= 15 is 4.39 Å². The van der Waals surface area contributed by atoms with Gasteiger partial charge in [-0.15, -0.1) is 0 Å². The van der Waals surface area contributed by atoms with E-state index in [4.69, 9.17) is 9.26 Å². The summed E-state index contributed by atoms with van der Waals surface area (Å²) in [6, 6.07) is 5.98. The lowest BCUT2D eigenvalue weighted by Crippen LogP contribution is -2.43. The highest BCUT2D eigenvalue weighted by atomic mass is 19.1. The molecule has 0 radical (unpaired) electrons. The number of nitrogens with zero attached hydrogens (tertiary/aromatic N) is 5. The maximum atomic E-state index is 15.6. The highest BCUT2D eigenvalue weighted by molar-refractivity contribution is 5.83. The van der Waals surface area contributed by atoms with E-state index in [2.05, 4.69) is 36.0 Å². The van der Waals surface area contributed by atoms with Gasteiger partial charge in [0.25, 0.3) is 5.89 Å². The molecule has 0 spiro atoms. The van der Waals surface area contributed by atoms with Gasteiger partial charge >= 0.3 is 6.09 Å². The first kappa shape index (κ1) is 22.2. The molecule has 0 aliphatic carbocycles. The van der Waals surface area contributed by atoms with E-state index in [1.807, 2.05) is 29.1 Å². The van der Waals surface area contributed by atoms with Crippen molar-refractivity contribution < 1.29 is 18.4 Å². The van der Waals surface area contributed by atoms with Gasteiger partial charge in [0.2, 0.25) is 5.82 Å². The second-order valence-corrected chi connectivity index (χ2v) is 8.65. The number of likely N-dealkylation sites (tertiary alicyclic amines) is 1. The Morgan fingerprint density at radius 1 is 1.28 bits per heavy atom. The van der Waals surface area contributed by atoms with Gasteiger partial charge in [-0.2, -0.15) is 10.1 Å². The molecule has 0 saturated carbocycles. The van der Waals surface area contributed by atoms with Crippen LogP contribution in [0.15, 0.2) is 28.9 Å². The summed E-state index contributed by atoms with van der Waals surface area (Å²) in [5.74, 6) is 0.300. The molecule has 0 bridgehead atoms. The van der Waals surface area contributed by atoms with E-state index in [9.17, 15) is 4.79 Å². The third-order valence-corrected chi connectivity index (χ3v) is 5.94. The number of alkyl halides is 1. The van der Waals surface area contributed by atoms with E-state index < -0.39 is 5.67 Å². The van der Waals surface area contributed by atoms with E-state index in [1.54, 1.807) is 4.90 Å². The highest BCUT2D eigenvalue weighted by Gasteiger charge is 2.43. The average molecular weight is 444 g/mol. The largest absolute Gasteiger partial charge is 0.449 e. The quantitative estimate of drug-likeness (QED) is 0.463. The van der Waals surface area contributed by atoms with Crippen LogP contribution in [0, 0.1) is 0 Å². The molecular weight excluding hydrogens is 413 g/mol. The fourth-order valence-electron chi connectivity index (χ4n) is 3.97. The van der Waals surface area contributed by atoms with E-state index in [-0.39, 0.29) is 44.0 Å². The summed E-state index contributed by atoms with van der Waals surface area (Å²) in [6.45, 7) is 7.12. The number of amides is 1. The van der Waals surface area contributed by atoms with Crippen molar-refractivity contribution in [3.05, 3.63) is 30.3 Å². The number of hydrogen-bond donors (Lipinski definition) is 0. The summed E-state index contributed by atoms with van der Waals surface area (Å²) < 4.78 is 28.1. The molecule has 3 aromatic rings. The predicted molar refractivity (Wildman–Crippen MR) is 118 cm³/mol. The Balaban J connectivity index is 1.43. The summed E-state index contributed by atoms with van der Waals surface area (Å²) in [6.07, 6.45) is 4.55. The van der Waals surface area contributed by atoms with E-state index in [1.165, 1.54) is 0 Å². The Hall–Kier alpha value is -2.97. The number of benzene rings is 1. The number of halogens is 1. The Labute approximate surface area is 186 Å². The van der Waals surface area contributed by atoms with Crippen LogP contribution in [-0.2, 0) is 10.4 Å². The molecule has 1 saturated heterocycles. The maximum Gasteiger partial charge on any atom is 0.409 e. The lowest BCUT2D eigenvalue weighted by atomic mass is 9.93. The number of hydrogen-bond acceptors (Lipinski definition) is 6. The van der Waals surface area contributed by atoms with Crippen LogP contribution in [0.3, 0.4) is 0 Å². The number of carbonyl (C=O) groups is 1. The molecule has 32 heavy (non-hydrogen) atoms. The Morgan fingerprint density at radius 3 is 2.78 bits per heavy atom. The minimum atomic E-state index is -1.76. The van der Waals surface area contributed by atoms with Crippen molar-refractivity contribution in [2.75, 3.05) is 19.7 Å². The number of carbonyl (C=O) groups excluding carboxylic acids is 1.